The third-order valence-corrected chi connectivity index (χ3v) is 5.03. The van der Waals surface area contributed by atoms with E-state index < -0.39 is 0 Å². The van der Waals surface area contributed by atoms with Crippen molar-refractivity contribution in [2.24, 2.45) is 0 Å². The second-order valence-corrected chi connectivity index (χ2v) is 6.81. The molecule has 114 valence electrons. The highest BCUT2D eigenvalue weighted by Crippen LogP contribution is 2.22. The minimum atomic E-state index is 0.0252. The minimum absolute atomic E-state index is 0.0252. The topological polar surface area (TPSA) is 35.6 Å². The van der Waals surface area contributed by atoms with Gasteiger partial charge in [-0.15, -0.1) is 0 Å². The van der Waals surface area contributed by atoms with E-state index in [2.05, 4.69) is 26.1 Å². The maximum Gasteiger partial charge on any atom is 0.321 e. The molecule has 21 heavy (non-hydrogen) atoms. The van der Waals surface area contributed by atoms with Crippen molar-refractivity contribution < 1.29 is 4.79 Å². The third kappa shape index (κ3) is 3.77. The second-order valence-electron chi connectivity index (χ2n) is 5.90. The predicted octanol–water partition coefficient (Wildman–Crippen LogP) is 3.54. The molecular formula is C16H22BrN3O. The summed E-state index contributed by atoms with van der Waals surface area (Å²) in [5, 5.41) is 2.98. The van der Waals surface area contributed by atoms with Gasteiger partial charge >= 0.3 is 6.03 Å². The zero-order valence-corrected chi connectivity index (χ0v) is 13.8. The van der Waals surface area contributed by atoms with E-state index in [4.69, 9.17) is 0 Å². The van der Waals surface area contributed by atoms with E-state index in [9.17, 15) is 4.79 Å². The van der Waals surface area contributed by atoms with E-state index in [1.165, 1.54) is 25.9 Å². The molecule has 0 radical (unpaired) electrons. The monoisotopic (exact) mass is 351 g/mol. The fourth-order valence-electron chi connectivity index (χ4n) is 3.28. The molecule has 2 aliphatic rings. The fraction of sp³-hybridized carbons (Fsp3) is 0.562. The average Bonchev–Trinajstić information content (AvgIpc) is 3.04. The van der Waals surface area contributed by atoms with Crippen molar-refractivity contribution in [2.75, 3.05) is 31.5 Å². The molecule has 4 nitrogen and oxygen atoms in total. The summed E-state index contributed by atoms with van der Waals surface area (Å²) in [7, 11) is 0. The summed E-state index contributed by atoms with van der Waals surface area (Å²) in [6, 6.07) is 8.42. The van der Waals surface area contributed by atoms with Crippen molar-refractivity contribution in [3.63, 3.8) is 0 Å². The maximum absolute atomic E-state index is 12.3. The Labute approximate surface area is 134 Å². The number of amides is 2. The molecule has 0 aromatic heterocycles. The molecule has 5 heteroatoms. The zero-order chi connectivity index (χ0) is 14.7. The van der Waals surface area contributed by atoms with Crippen LogP contribution in [0, 0.1) is 0 Å². The molecule has 2 heterocycles. The Hall–Kier alpha value is -1.07. The summed E-state index contributed by atoms with van der Waals surface area (Å²) in [6.07, 6.45) is 4.88. The van der Waals surface area contributed by atoms with Gasteiger partial charge in [0.15, 0.2) is 0 Å². The molecule has 0 spiro atoms. The van der Waals surface area contributed by atoms with Gasteiger partial charge in [-0.3, -0.25) is 0 Å². The van der Waals surface area contributed by atoms with Crippen molar-refractivity contribution in [1.82, 2.24) is 9.80 Å². The van der Waals surface area contributed by atoms with Gasteiger partial charge in [-0.05, 0) is 63.0 Å². The summed E-state index contributed by atoms with van der Waals surface area (Å²) in [5.41, 5.74) is 0.852. The second kappa shape index (κ2) is 6.79. The van der Waals surface area contributed by atoms with E-state index in [-0.39, 0.29) is 6.03 Å². The van der Waals surface area contributed by atoms with Crippen LogP contribution < -0.4 is 5.32 Å². The predicted molar refractivity (Wildman–Crippen MR) is 88.6 cm³/mol. The molecule has 3 rings (SSSR count). The zero-order valence-electron chi connectivity index (χ0n) is 12.2. The third-order valence-electron chi connectivity index (χ3n) is 4.50. The highest BCUT2D eigenvalue weighted by molar-refractivity contribution is 9.10. The molecule has 2 fully saturated rings. The van der Waals surface area contributed by atoms with E-state index in [1.807, 2.05) is 29.2 Å². The van der Waals surface area contributed by atoms with Gasteiger partial charge in [0, 0.05) is 29.3 Å². The van der Waals surface area contributed by atoms with Crippen LogP contribution in [0.15, 0.2) is 28.7 Å². The normalized spacial score (nSPS) is 20.7. The highest BCUT2D eigenvalue weighted by atomic mass is 79.9. The number of nitrogens with zero attached hydrogens (tertiary/aromatic N) is 2. The van der Waals surface area contributed by atoms with Gasteiger partial charge in [-0.1, -0.05) is 15.9 Å². The fourth-order valence-corrected chi connectivity index (χ4v) is 3.54. The SMILES string of the molecule is O=C(Nc1ccc(Br)cc1)N1CCC(N2CCCC2)CC1. The Kier molecular flexibility index (Phi) is 4.80. The molecule has 2 amide bonds. The number of likely N-dealkylation sites (tertiary alicyclic amines) is 2. The number of hydrogen-bond acceptors (Lipinski definition) is 2. The lowest BCUT2D eigenvalue weighted by Gasteiger charge is -2.36. The van der Waals surface area contributed by atoms with Crippen molar-refractivity contribution in [3.8, 4) is 0 Å². The lowest BCUT2D eigenvalue weighted by molar-refractivity contribution is 0.140. The van der Waals surface area contributed by atoms with Crippen molar-refractivity contribution in [3.05, 3.63) is 28.7 Å². The van der Waals surface area contributed by atoms with Crippen LogP contribution in [0.2, 0.25) is 0 Å². The number of carbonyl (C=O) groups excluding carboxylic acids is 1. The molecule has 1 aromatic rings. The summed E-state index contributed by atoms with van der Waals surface area (Å²) in [6.45, 7) is 4.22. The Bertz CT molecular complexity index is 477. The van der Waals surface area contributed by atoms with Crippen LogP contribution in [0.4, 0.5) is 10.5 Å². The first-order chi connectivity index (χ1) is 10.2. The Balaban J connectivity index is 1.49. The van der Waals surface area contributed by atoms with Crippen LogP contribution in [0.25, 0.3) is 0 Å². The van der Waals surface area contributed by atoms with Crippen LogP contribution in [-0.2, 0) is 0 Å². The molecule has 0 bridgehead atoms. The van der Waals surface area contributed by atoms with E-state index in [1.54, 1.807) is 0 Å². The van der Waals surface area contributed by atoms with E-state index in [0.29, 0.717) is 6.04 Å². The number of halogens is 1. The van der Waals surface area contributed by atoms with Crippen LogP contribution in [0.1, 0.15) is 25.7 Å². The summed E-state index contributed by atoms with van der Waals surface area (Å²) in [5.74, 6) is 0. The first kappa shape index (κ1) is 14.9. The van der Waals surface area contributed by atoms with Gasteiger partial charge in [0.25, 0.3) is 0 Å². The van der Waals surface area contributed by atoms with Crippen LogP contribution in [0.5, 0.6) is 0 Å². The number of nitrogens with one attached hydrogen (secondary N) is 1. The Morgan fingerprint density at radius 1 is 1.05 bits per heavy atom. The lowest BCUT2D eigenvalue weighted by Crippen LogP contribution is -2.47. The van der Waals surface area contributed by atoms with Gasteiger partial charge in [-0.25, -0.2) is 4.79 Å². The number of urea groups is 1. The average molecular weight is 352 g/mol. The summed E-state index contributed by atoms with van der Waals surface area (Å²) >= 11 is 3.40. The number of anilines is 1. The Morgan fingerprint density at radius 3 is 2.29 bits per heavy atom. The number of carbonyl (C=O) groups is 1. The summed E-state index contributed by atoms with van der Waals surface area (Å²) < 4.78 is 1.02. The number of piperidine rings is 1. The molecule has 1 N–H and O–H groups in total. The molecule has 0 atom stereocenters. The molecule has 1 aromatic carbocycles. The van der Waals surface area contributed by atoms with Gasteiger partial charge in [0.05, 0.1) is 0 Å². The first-order valence-corrected chi connectivity index (χ1v) is 8.57. The van der Waals surface area contributed by atoms with Crippen molar-refractivity contribution in [2.45, 2.75) is 31.7 Å². The maximum atomic E-state index is 12.3. The molecule has 0 aliphatic carbocycles. The quantitative estimate of drug-likeness (QED) is 0.884. The van der Waals surface area contributed by atoms with Gasteiger partial charge in [0.1, 0.15) is 0 Å². The van der Waals surface area contributed by atoms with Crippen LogP contribution >= 0.6 is 15.9 Å². The van der Waals surface area contributed by atoms with Crippen LogP contribution in [0.3, 0.4) is 0 Å². The largest absolute Gasteiger partial charge is 0.324 e. The smallest absolute Gasteiger partial charge is 0.321 e. The van der Waals surface area contributed by atoms with Crippen molar-refractivity contribution >= 4 is 27.6 Å². The molecule has 0 unspecified atom stereocenters. The lowest BCUT2D eigenvalue weighted by atomic mass is 10.0. The minimum Gasteiger partial charge on any atom is -0.324 e. The van der Waals surface area contributed by atoms with E-state index in [0.717, 1.165) is 36.1 Å². The van der Waals surface area contributed by atoms with E-state index >= 15 is 0 Å². The van der Waals surface area contributed by atoms with Crippen molar-refractivity contribution in [1.29, 1.82) is 0 Å². The number of rotatable bonds is 2. The molecule has 0 saturated carbocycles. The highest BCUT2D eigenvalue weighted by Gasteiger charge is 2.28. The standard InChI is InChI=1S/C16H22BrN3O/c17-13-3-5-14(6-4-13)18-16(21)20-11-7-15(8-12-20)19-9-1-2-10-19/h3-6,15H,1-2,7-12H2,(H,18,21). The summed E-state index contributed by atoms with van der Waals surface area (Å²) in [4.78, 5) is 16.8. The first-order valence-electron chi connectivity index (χ1n) is 7.78. The van der Waals surface area contributed by atoms with Crippen LogP contribution in [-0.4, -0.2) is 48.1 Å². The molecule has 2 saturated heterocycles. The number of hydrogen-bond donors (Lipinski definition) is 1. The number of benzene rings is 1. The molecule has 2 aliphatic heterocycles. The molecular weight excluding hydrogens is 330 g/mol. The van der Waals surface area contributed by atoms with Gasteiger partial charge < -0.3 is 15.1 Å². The van der Waals surface area contributed by atoms with Gasteiger partial charge in [0.2, 0.25) is 0 Å². The Morgan fingerprint density at radius 2 is 1.67 bits per heavy atom. The van der Waals surface area contributed by atoms with Gasteiger partial charge in [-0.2, -0.15) is 0 Å².